The molecule has 9 heteroatoms. The number of aryl methyl sites for hydroxylation is 2. The Morgan fingerprint density at radius 2 is 1.86 bits per heavy atom. The van der Waals surface area contributed by atoms with E-state index in [2.05, 4.69) is 15.0 Å². The van der Waals surface area contributed by atoms with E-state index in [9.17, 15) is 13.2 Å². The summed E-state index contributed by atoms with van der Waals surface area (Å²) in [6.07, 6.45) is -3.89. The molecule has 2 aromatic heterocycles. The molecule has 1 aliphatic carbocycles. The number of pyridine rings is 1. The second-order valence-corrected chi connectivity index (χ2v) is 7.58. The van der Waals surface area contributed by atoms with Crippen LogP contribution in [0.3, 0.4) is 0 Å². The lowest BCUT2D eigenvalue weighted by Crippen LogP contribution is -2.38. The third-order valence-corrected chi connectivity index (χ3v) is 5.53. The summed E-state index contributed by atoms with van der Waals surface area (Å²) in [7, 11) is 0. The van der Waals surface area contributed by atoms with Gasteiger partial charge in [-0.1, -0.05) is 0 Å². The fraction of sp³-hybridized carbons (Fsp3) is 0.632. The normalized spacial score (nSPS) is 23.0. The van der Waals surface area contributed by atoms with Gasteiger partial charge in [0.15, 0.2) is 5.65 Å². The van der Waals surface area contributed by atoms with Crippen molar-refractivity contribution in [2.45, 2.75) is 32.9 Å². The maximum Gasteiger partial charge on any atom is 0.391 e. The first-order chi connectivity index (χ1) is 13.3. The highest BCUT2D eigenvalue weighted by molar-refractivity contribution is 5.82. The van der Waals surface area contributed by atoms with Gasteiger partial charge in [0.2, 0.25) is 11.8 Å². The van der Waals surface area contributed by atoms with E-state index in [-0.39, 0.29) is 25.4 Å². The average Bonchev–Trinajstić information content (AvgIpc) is 2.61. The number of morpholine rings is 1. The largest absolute Gasteiger partial charge is 0.477 e. The SMILES string of the molecule is Cc1cc2c(OCC3CC(C(F)(F)F)C3)nc(N3CCOCC3)nc2nc1C. The number of rotatable bonds is 4. The van der Waals surface area contributed by atoms with Crippen LogP contribution in [0.5, 0.6) is 5.88 Å². The number of aromatic nitrogens is 3. The monoisotopic (exact) mass is 396 g/mol. The van der Waals surface area contributed by atoms with Crippen molar-refractivity contribution in [1.82, 2.24) is 15.0 Å². The molecule has 0 spiro atoms. The van der Waals surface area contributed by atoms with E-state index in [1.807, 2.05) is 24.8 Å². The van der Waals surface area contributed by atoms with E-state index in [4.69, 9.17) is 9.47 Å². The topological polar surface area (TPSA) is 60.4 Å². The van der Waals surface area contributed by atoms with Crippen LogP contribution in [0, 0.1) is 25.7 Å². The van der Waals surface area contributed by atoms with Gasteiger partial charge in [-0.05, 0) is 44.2 Å². The molecule has 152 valence electrons. The van der Waals surface area contributed by atoms with Crippen molar-refractivity contribution in [2.24, 2.45) is 11.8 Å². The standard InChI is InChI=1S/C19H23F3N4O2/c1-11-7-15-16(23-12(11)2)24-18(26-3-5-27-6-4-26)25-17(15)28-10-13-8-14(9-13)19(20,21)22/h7,13-14H,3-6,8-10H2,1-2H3. The van der Waals surface area contributed by atoms with Crippen LogP contribution in [0.25, 0.3) is 11.0 Å². The molecule has 0 amide bonds. The first-order valence-electron chi connectivity index (χ1n) is 9.49. The molecule has 3 heterocycles. The second kappa shape index (κ2) is 7.35. The summed E-state index contributed by atoms with van der Waals surface area (Å²) >= 11 is 0. The molecule has 0 atom stereocenters. The molecule has 0 N–H and O–H groups in total. The van der Waals surface area contributed by atoms with E-state index in [1.54, 1.807) is 0 Å². The maximum atomic E-state index is 12.7. The summed E-state index contributed by atoms with van der Waals surface area (Å²) in [5, 5.41) is 0.687. The van der Waals surface area contributed by atoms with E-state index in [0.717, 1.165) is 11.3 Å². The second-order valence-electron chi connectivity index (χ2n) is 7.58. The van der Waals surface area contributed by atoms with Crippen molar-refractivity contribution in [2.75, 3.05) is 37.8 Å². The first kappa shape index (κ1) is 19.2. The minimum absolute atomic E-state index is 0.108. The Hall–Kier alpha value is -2.16. The van der Waals surface area contributed by atoms with Gasteiger partial charge in [-0.2, -0.15) is 23.1 Å². The molecule has 0 radical (unpaired) electrons. The molecule has 0 unspecified atom stereocenters. The smallest absolute Gasteiger partial charge is 0.391 e. The zero-order chi connectivity index (χ0) is 19.9. The lowest BCUT2D eigenvalue weighted by atomic mass is 9.75. The van der Waals surface area contributed by atoms with Crippen LogP contribution in [0.4, 0.5) is 19.1 Å². The predicted octanol–water partition coefficient (Wildman–Crippen LogP) is 3.45. The summed E-state index contributed by atoms with van der Waals surface area (Å²) in [5.41, 5.74) is 2.40. The lowest BCUT2D eigenvalue weighted by Gasteiger charge is -2.36. The van der Waals surface area contributed by atoms with Crippen molar-refractivity contribution >= 4 is 17.0 Å². The fourth-order valence-electron chi connectivity index (χ4n) is 3.56. The molecule has 2 aromatic rings. The number of hydrogen-bond donors (Lipinski definition) is 0. The van der Waals surface area contributed by atoms with Crippen LogP contribution < -0.4 is 9.64 Å². The molecule has 6 nitrogen and oxygen atoms in total. The van der Waals surface area contributed by atoms with Gasteiger partial charge in [-0.3, -0.25) is 0 Å². The summed E-state index contributed by atoms with van der Waals surface area (Å²) in [5.74, 6) is -0.414. The number of nitrogens with zero attached hydrogens (tertiary/aromatic N) is 4. The maximum absolute atomic E-state index is 12.7. The van der Waals surface area contributed by atoms with Crippen molar-refractivity contribution in [3.05, 3.63) is 17.3 Å². The zero-order valence-corrected chi connectivity index (χ0v) is 15.9. The first-order valence-corrected chi connectivity index (χ1v) is 9.49. The molecule has 2 fully saturated rings. The average molecular weight is 396 g/mol. The highest BCUT2D eigenvalue weighted by atomic mass is 19.4. The number of alkyl halides is 3. The Morgan fingerprint density at radius 1 is 1.14 bits per heavy atom. The minimum Gasteiger partial charge on any atom is -0.477 e. The molecule has 1 aliphatic heterocycles. The van der Waals surface area contributed by atoms with Gasteiger partial charge in [0.25, 0.3) is 0 Å². The van der Waals surface area contributed by atoms with Crippen LogP contribution in [-0.2, 0) is 4.74 Å². The third-order valence-electron chi connectivity index (χ3n) is 5.53. The van der Waals surface area contributed by atoms with Crippen molar-refractivity contribution in [3.63, 3.8) is 0 Å². The number of hydrogen-bond acceptors (Lipinski definition) is 6. The van der Waals surface area contributed by atoms with Crippen molar-refractivity contribution in [3.8, 4) is 5.88 Å². The Kier molecular flexibility index (Phi) is 5.03. The molecule has 0 bridgehead atoms. The number of anilines is 1. The van der Waals surface area contributed by atoms with Gasteiger partial charge in [-0.15, -0.1) is 0 Å². The molecular weight excluding hydrogens is 373 g/mol. The van der Waals surface area contributed by atoms with Crippen LogP contribution in [-0.4, -0.2) is 54.0 Å². The highest BCUT2D eigenvalue weighted by Gasteiger charge is 2.47. The van der Waals surface area contributed by atoms with Gasteiger partial charge >= 0.3 is 6.18 Å². The minimum atomic E-state index is -4.11. The van der Waals surface area contributed by atoms with E-state index >= 15 is 0 Å². The van der Waals surface area contributed by atoms with Crippen LogP contribution in [0.1, 0.15) is 24.1 Å². The molecule has 0 aromatic carbocycles. The van der Waals surface area contributed by atoms with Gasteiger partial charge in [0.05, 0.1) is 31.1 Å². The van der Waals surface area contributed by atoms with Gasteiger partial charge < -0.3 is 14.4 Å². The zero-order valence-electron chi connectivity index (χ0n) is 15.9. The lowest BCUT2D eigenvalue weighted by molar-refractivity contribution is -0.206. The number of halogens is 3. The number of ether oxygens (including phenoxy) is 2. The van der Waals surface area contributed by atoms with Gasteiger partial charge in [0.1, 0.15) is 0 Å². The van der Waals surface area contributed by atoms with E-state index in [1.165, 1.54) is 0 Å². The molecule has 1 saturated heterocycles. The molecule has 28 heavy (non-hydrogen) atoms. The van der Waals surface area contributed by atoms with Crippen LogP contribution in [0.15, 0.2) is 6.07 Å². The predicted molar refractivity (Wildman–Crippen MR) is 97.6 cm³/mol. The quantitative estimate of drug-likeness (QED) is 0.789. The van der Waals surface area contributed by atoms with Crippen LogP contribution in [0.2, 0.25) is 0 Å². The van der Waals surface area contributed by atoms with E-state index < -0.39 is 12.1 Å². The fourth-order valence-corrected chi connectivity index (χ4v) is 3.56. The summed E-state index contributed by atoms with van der Waals surface area (Å²) < 4.78 is 49.4. The summed E-state index contributed by atoms with van der Waals surface area (Å²) in [6, 6.07) is 1.93. The molecule has 2 aliphatic rings. The molecule has 1 saturated carbocycles. The van der Waals surface area contributed by atoms with Gasteiger partial charge in [0, 0.05) is 18.8 Å². The van der Waals surface area contributed by atoms with E-state index in [0.29, 0.717) is 49.2 Å². The van der Waals surface area contributed by atoms with Crippen LogP contribution >= 0.6 is 0 Å². The van der Waals surface area contributed by atoms with Crippen molar-refractivity contribution in [1.29, 1.82) is 0 Å². The van der Waals surface area contributed by atoms with Gasteiger partial charge in [-0.25, -0.2) is 4.98 Å². The third kappa shape index (κ3) is 3.85. The molecular formula is C19H23F3N4O2. The van der Waals surface area contributed by atoms with Crippen molar-refractivity contribution < 1.29 is 22.6 Å². The molecule has 4 rings (SSSR count). The number of fused-ring (bicyclic) bond motifs is 1. The summed E-state index contributed by atoms with van der Waals surface area (Å²) in [6.45, 7) is 6.61. The Labute approximate surface area is 161 Å². The summed E-state index contributed by atoms with van der Waals surface area (Å²) in [4.78, 5) is 15.7. The Bertz CT molecular complexity index is 862. The Balaban J connectivity index is 1.57. The Morgan fingerprint density at radius 3 is 2.54 bits per heavy atom. The highest BCUT2D eigenvalue weighted by Crippen LogP contribution is 2.44.